The first-order chi connectivity index (χ1) is 13.9. The first-order valence-corrected chi connectivity index (χ1v) is 12.5. The van der Waals surface area contributed by atoms with Crippen molar-refractivity contribution in [3.63, 3.8) is 0 Å². The number of hydrogen-bond donors (Lipinski definition) is 0. The molecule has 0 spiro atoms. The van der Waals surface area contributed by atoms with E-state index in [9.17, 15) is 0 Å². The van der Waals surface area contributed by atoms with Gasteiger partial charge in [0.25, 0.3) is 0 Å². The van der Waals surface area contributed by atoms with Gasteiger partial charge < -0.3 is 9.47 Å². The van der Waals surface area contributed by atoms with Gasteiger partial charge in [-0.15, -0.1) is 0 Å². The molecule has 0 N–H and O–H groups in total. The minimum Gasteiger partial charge on any atom is -0.377 e. The van der Waals surface area contributed by atoms with E-state index in [1.54, 1.807) is 11.1 Å². The lowest BCUT2D eigenvalue weighted by atomic mass is 9.78. The fourth-order valence-electron chi connectivity index (χ4n) is 7.14. The second kappa shape index (κ2) is 8.50. The first kappa shape index (κ1) is 21.6. The molecule has 4 rings (SSSR count). The van der Waals surface area contributed by atoms with Gasteiger partial charge in [0.15, 0.2) is 0 Å². The zero-order valence-electron chi connectivity index (χ0n) is 19.7. The Morgan fingerprint density at radius 1 is 0.897 bits per heavy atom. The standard InChI is InChI=1S/C27H44O2/c1-7-17(4)27(6,29-26-15-20-11-22(9-3)24(26)13-20)18(5)16-28-25-14-19-10-21(8-2)23(25)12-19/h8-9,17-20,23-26H,7,10-16H2,1-6H3/b21-8-,22-9+. The third-order valence-corrected chi connectivity index (χ3v) is 9.48. The van der Waals surface area contributed by atoms with Gasteiger partial charge in [0.2, 0.25) is 0 Å². The molecule has 4 aliphatic carbocycles. The molecule has 4 saturated carbocycles. The van der Waals surface area contributed by atoms with Crippen molar-refractivity contribution in [2.75, 3.05) is 6.61 Å². The molecular formula is C27H44O2. The molecule has 2 nitrogen and oxygen atoms in total. The summed E-state index contributed by atoms with van der Waals surface area (Å²) in [6.07, 6.45) is 14.6. The summed E-state index contributed by atoms with van der Waals surface area (Å²) in [5.74, 6) is 4.05. The van der Waals surface area contributed by atoms with Gasteiger partial charge in [-0.25, -0.2) is 0 Å². The maximum absolute atomic E-state index is 7.07. The van der Waals surface area contributed by atoms with Crippen LogP contribution in [0.3, 0.4) is 0 Å². The maximum Gasteiger partial charge on any atom is 0.0731 e. The lowest BCUT2D eigenvalue weighted by Gasteiger charge is -2.44. The monoisotopic (exact) mass is 400 g/mol. The van der Waals surface area contributed by atoms with Crippen molar-refractivity contribution in [3.05, 3.63) is 23.3 Å². The molecule has 4 aliphatic rings. The van der Waals surface area contributed by atoms with E-state index < -0.39 is 0 Å². The van der Waals surface area contributed by atoms with E-state index in [1.165, 1.54) is 38.5 Å². The van der Waals surface area contributed by atoms with Gasteiger partial charge in [0.05, 0.1) is 24.4 Å². The smallest absolute Gasteiger partial charge is 0.0731 e. The molecule has 0 aromatic rings. The summed E-state index contributed by atoms with van der Waals surface area (Å²) in [4.78, 5) is 0. The highest BCUT2D eigenvalue weighted by Crippen LogP contribution is 2.52. The molecule has 4 fully saturated rings. The van der Waals surface area contributed by atoms with E-state index in [4.69, 9.17) is 9.47 Å². The average Bonchev–Trinajstić information content (AvgIpc) is 3.50. The van der Waals surface area contributed by atoms with Crippen LogP contribution in [0.4, 0.5) is 0 Å². The highest BCUT2D eigenvalue weighted by atomic mass is 16.5. The van der Waals surface area contributed by atoms with Crippen molar-refractivity contribution >= 4 is 0 Å². The minimum absolute atomic E-state index is 0.107. The third-order valence-electron chi connectivity index (χ3n) is 9.48. The summed E-state index contributed by atoms with van der Waals surface area (Å²) in [7, 11) is 0. The molecule has 4 bridgehead atoms. The van der Waals surface area contributed by atoms with E-state index in [1.807, 2.05) is 0 Å². The molecule has 9 atom stereocenters. The lowest BCUT2D eigenvalue weighted by molar-refractivity contribution is -0.168. The maximum atomic E-state index is 7.07. The van der Waals surface area contributed by atoms with Gasteiger partial charge in [0.1, 0.15) is 0 Å². The van der Waals surface area contributed by atoms with E-state index in [2.05, 4.69) is 53.7 Å². The SMILES string of the molecule is C/C=C1/CC2CC(OCC(C)C(C)(OC3CC4C/C(=C\C)C3C4)C(C)CC)C1C2. The summed E-state index contributed by atoms with van der Waals surface area (Å²) in [5, 5.41) is 0. The Hall–Kier alpha value is -0.600. The number of rotatable bonds is 8. The van der Waals surface area contributed by atoms with E-state index in [-0.39, 0.29) is 5.60 Å². The normalized spacial score (nSPS) is 42.7. The summed E-state index contributed by atoms with van der Waals surface area (Å²) in [5.41, 5.74) is 3.20. The second-order valence-electron chi connectivity index (χ2n) is 10.9. The van der Waals surface area contributed by atoms with Crippen molar-refractivity contribution in [3.8, 4) is 0 Å². The van der Waals surface area contributed by atoms with E-state index in [0.717, 1.165) is 24.9 Å². The van der Waals surface area contributed by atoms with E-state index >= 15 is 0 Å². The van der Waals surface area contributed by atoms with Crippen molar-refractivity contribution in [1.29, 1.82) is 0 Å². The van der Waals surface area contributed by atoms with Crippen molar-refractivity contribution in [2.24, 2.45) is 35.5 Å². The average molecular weight is 401 g/mol. The van der Waals surface area contributed by atoms with Gasteiger partial charge >= 0.3 is 0 Å². The van der Waals surface area contributed by atoms with Crippen LogP contribution in [0.25, 0.3) is 0 Å². The summed E-state index contributed by atoms with van der Waals surface area (Å²) in [6.45, 7) is 14.7. The Morgan fingerprint density at radius 2 is 1.45 bits per heavy atom. The van der Waals surface area contributed by atoms with Crippen molar-refractivity contribution < 1.29 is 9.47 Å². The molecule has 0 radical (unpaired) electrons. The van der Waals surface area contributed by atoms with Crippen LogP contribution in [0, 0.1) is 35.5 Å². The summed E-state index contributed by atoms with van der Waals surface area (Å²) in [6, 6.07) is 0. The largest absolute Gasteiger partial charge is 0.377 e. The molecule has 0 aromatic heterocycles. The van der Waals surface area contributed by atoms with Gasteiger partial charge in [-0.2, -0.15) is 0 Å². The van der Waals surface area contributed by atoms with Crippen LogP contribution in [0.1, 0.15) is 86.5 Å². The number of ether oxygens (including phenoxy) is 2. The molecule has 0 heterocycles. The van der Waals surface area contributed by atoms with Gasteiger partial charge in [-0.05, 0) is 77.0 Å². The number of allylic oxidation sites excluding steroid dienone is 2. The fourth-order valence-corrected chi connectivity index (χ4v) is 7.14. The van der Waals surface area contributed by atoms with Crippen LogP contribution < -0.4 is 0 Å². The molecule has 9 unspecified atom stereocenters. The van der Waals surface area contributed by atoms with Crippen LogP contribution in [0.5, 0.6) is 0 Å². The van der Waals surface area contributed by atoms with Crippen LogP contribution in [-0.4, -0.2) is 24.4 Å². The predicted octanol–water partition coefficient (Wildman–Crippen LogP) is 6.95. The highest BCUT2D eigenvalue weighted by Gasteiger charge is 2.49. The van der Waals surface area contributed by atoms with Crippen LogP contribution >= 0.6 is 0 Å². The summed E-state index contributed by atoms with van der Waals surface area (Å²) >= 11 is 0. The molecule has 0 aromatic carbocycles. The zero-order chi connectivity index (χ0) is 20.8. The van der Waals surface area contributed by atoms with Gasteiger partial charge in [0, 0.05) is 17.8 Å². The van der Waals surface area contributed by atoms with E-state index in [0.29, 0.717) is 35.9 Å². The number of hydrogen-bond acceptors (Lipinski definition) is 2. The molecule has 29 heavy (non-hydrogen) atoms. The zero-order valence-corrected chi connectivity index (χ0v) is 19.7. The quantitative estimate of drug-likeness (QED) is 0.410. The minimum atomic E-state index is -0.107. The molecule has 0 aliphatic heterocycles. The van der Waals surface area contributed by atoms with Crippen LogP contribution in [0.15, 0.2) is 23.3 Å². The predicted molar refractivity (Wildman–Crippen MR) is 121 cm³/mol. The Morgan fingerprint density at radius 3 is 1.97 bits per heavy atom. The Labute approximate surface area is 179 Å². The Balaban J connectivity index is 1.41. The Kier molecular flexibility index (Phi) is 6.34. The van der Waals surface area contributed by atoms with Crippen molar-refractivity contribution in [2.45, 2.75) is 104 Å². The summed E-state index contributed by atoms with van der Waals surface area (Å²) < 4.78 is 13.7. The lowest BCUT2D eigenvalue weighted by Crippen LogP contribution is -2.48. The van der Waals surface area contributed by atoms with Gasteiger partial charge in [-0.1, -0.05) is 50.5 Å². The molecule has 0 amide bonds. The topological polar surface area (TPSA) is 18.5 Å². The molecule has 164 valence electrons. The first-order valence-electron chi connectivity index (χ1n) is 12.5. The molecular weight excluding hydrogens is 356 g/mol. The highest BCUT2D eigenvalue weighted by molar-refractivity contribution is 5.20. The van der Waals surface area contributed by atoms with Crippen LogP contribution in [-0.2, 0) is 9.47 Å². The van der Waals surface area contributed by atoms with Crippen LogP contribution in [0.2, 0.25) is 0 Å². The molecule has 0 saturated heterocycles. The fraction of sp³-hybridized carbons (Fsp3) is 0.852. The van der Waals surface area contributed by atoms with Crippen molar-refractivity contribution in [1.82, 2.24) is 0 Å². The number of fused-ring (bicyclic) bond motifs is 4. The third kappa shape index (κ3) is 3.89. The van der Waals surface area contributed by atoms with Gasteiger partial charge in [-0.3, -0.25) is 0 Å². The second-order valence-corrected chi connectivity index (χ2v) is 10.9. The molecule has 2 heteroatoms. The Bertz CT molecular complexity index is 649.